The fourth-order valence-electron chi connectivity index (χ4n) is 0.845. The molecule has 0 spiro atoms. The van der Waals surface area contributed by atoms with E-state index in [-0.39, 0.29) is 5.78 Å². The molecule has 0 heterocycles. The summed E-state index contributed by atoms with van der Waals surface area (Å²) in [5, 5.41) is 0. The lowest BCUT2D eigenvalue weighted by Crippen LogP contribution is -2.25. The van der Waals surface area contributed by atoms with Crippen LogP contribution in [0.15, 0.2) is 0 Å². The van der Waals surface area contributed by atoms with Gasteiger partial charge in [0.1, 0.15) is 5.78 Å². The summed E-state index contributed by atoms with van der Waals surface area (Å²) < 4.78 is 2.08. The van der Waals surface area contributed by atoms with Gasteiger partial charge in [0.2, 0.25) is 0 Å². The highest BCUT2D eigenvalue weighted by atomic mass is 31.0. The van der Waals surface area contributed by atoms with Crippen LogP contribution in [0.4, 0.5) is 0 Å². The molecule has 60 valence electrons. The molecule has 0 fully saturated rings. The SMILES string of the molecule is CCN(P)C(C)CC(C)=O. The Kier molecular flexibility index (Phi) is 4.84. The normalized spacial score (nSPS) is 13.7. The molecule has 2 unspecified atom stereocenters. The van der Waals surface area contributed by atoms with Crippen LogP contribution in [0.1, 0.15) is 27.2 Å². The summed E-state index contributed by atoms with van der Waals surface area (Å²) in [6, 6.07) is 0.354. The number of nitrogens with zero attached hydrogens (tertiary/aromatic N) is 1. The van der Waals surface area contributed by atoms with E-state index in [0.29, 0.717) is 12.5 Å². The van der Waals surface area contributed by atoms with E-state index < -0.39 is 0 Å². The van der Waals surface area contributed by atoms with Crippen LogP contribution in [-0.4, -0.2) is 23.0 Å². The van der Waals surface area contributed by atoms with Gasteiger partial charge < -0.3 is 0 Å². The maximum absolute atomic E-state index is 10.6. The van der Waals surface area contributed by atoms with Crippen molar-refractivity contribution in [3.63, 3.8) is 0 Å². The second-order valence-corrected chi connectivity index (χ2v) is 3.25. The molecule has 0 bridgehead atoms. The third kappa shape index (κ3) is 3.97. The van der Waals surface area contributed by atoms with E-state index in [0.717, 1.165) is 6.54 Å². The average Bonchev–Trinajstić information content (AvgIpc) is 1.85. The van der Waals surface area contributed by atoms with Gasteiger partial charge in [0.05, 0.1) is 0 Å². The van der Waals surface area contributed by atoms with Gasteiger partial charge in [0, 0.05) is 12.5 Å². The Bertz CT molecular complexity index is 116. The number of ketones is 1. The third-order valence-electron chi connectivity index (χ3n) is 1.51. The zero-order valence-electron chi connectivity index (χ0n) is 6.92. The Balaban J connectivity index is 3.61. The third-order valence-corrected chi connectivity index (χ3v) is 2.39. The number of hydrogen-bond acceptors (Lipinski definition) is 2. The summed E-state index contributed by atoms with van der Waals surface area (Å²) in [6.45, 7) is 6.73. The molecule has 2 nitrogen and oxygen atoms in total. The van der Waals surface area contributed by atoms with Crippen LogP contribution in [0.25, 0.3) is 0 Å². The van der Waals surface area contributed by atoms with E-state index in [1.165, 1.54) is 0 Å². The lowest BCUT2D eigenvalue weighted by atomic mass is 10.2. The van der Waals surface area contributed by atoms with Crippen molar-refractivity contribution < 1.29 is 4.79 Å². The Morgan fingerprint density at radius 1 is 1.70 bits per heavy atom. The van der Waals surface area contributed by atoms with E-state index in [9.17, 15) is 4.79 Å². The van der Waals surface area contributed by atoms with E-state index >= 15 is 0 Å². The molecule has 0 aliphatic heterocycles. The second kappa shape index (κ2) is 4.81. The first-order chi connectivity index (χ1) is 4.57. The molecule has 0 amide bonds. The molecule has 3 heteroatoms. The lowest BCUT2D eigenvalue weighted by Gasteiger charge is -2.20. The highest BCUT2D eigenvalue weighted by molar-refractivity contribution is 7.13. The molecule has 0 aromatic heterocycles. The predicted octanol–water partition coefficient (Wildman–Crippen LogP) is 1.47. The Labute approximate surface area is 65.2 Å². The van der Waals surface area contributed by atoms with Crippen molar-refractivity contribution in [2.75, 3.05) is 6.54 Å². The summed E-state index contributed by atoms with van der Waals surface area (Å²) in [7, 11) is 2.62. The molecule has 0 N–H and O–H groups in total. The molecule has 2 atom stereocenters. The van der Waals surface area contributed by atoms with Crippen LogP contribution in [-0.2, 0) is 4.79 Å². The first-order valence-electron chi connectivity index (χ1n) is 3.58. The number of carbonyl (C=O) groups excluding carboxylic acids is 1. The van der Waals surface area contributed by atoms with Gasteiger partial charge in [0.15, 0.2) is 0 Å². The van der Waals surface area contributed by atoms with Crippen molar-refractivity contribution in [1.82, 2.24) is 4.67 Å². The summed E-state index contributed by atoms with van der Waals surface area (Å²) in [5.41, 5.74) is 0. The van der Waals surface area contributed by atoms with Gasteiger partial charge in [-0.2, -0.15) is 0 Å². The van der Waals surface area contributed by atoms with E-state index in [1.807, 2.05) is 0 Å². The maximum Gasteiger partial charge on any atom is 0.131 e. The summed E-state index contributed by atoms with van der Waals surface area (Å²) in [5.74, 6) is 0.258. The molecule has 10 heavy (non-hydrogen) atoms. The first-order valence-corrected chi connectivity index (χ1v) is 4.10. The van der Waals surface area contributed by atoms with Crippen molar-refractivity contribution >= 4 is 15.2 Å². The van der Waals surface area contributed by atoms with Crippen LogP contribution in [0, 0.1) is 0 Å². The van der Waals surface area contributed by atoms with Gasteiger partial charge in [-0.25, -0.2) is 0 Å². The molecule has 0 aromatic rings. The zero-order valence-corrected chi connectivity index (χ0v) is 8.08. The Morgan fingerprint density at radius 2 is 2.20 bits per heavy atom. The minimum Gasteiger partial charge on any atom is -0.300 e. The summed E-state index contributed by atoms with van der Waals surface area (Å²) >= 11 is 0. The molecule has 0 aliphatic rings. The molecule has 0 saturated carbocycles. The minimum atomic E-state index is 0.258. The standard InChI is InChI=1S/C7H16NOP/c1-4-8(10)6(2)5-7(3)9/h6H,4-5,10H2,1-3H3. The van der Waals surface area contributed by atoms with Gasteiger partial charge in [-0.1, -0.05) is 16.3 Å². The lowest BCUT2D eigenvalue weighted by molar-refractivity contribution is -0.117. The van der Waals surface area contributed by atoms with Crippen LogP contribution in [0.3, 0.4) is 0 Å². The van der Waals surface area contributed by atoms with Crippen LogP contribution < -0.4 is 0 Å². The summed E-state index contributed by atoms with van der Waals surface area (Å²) in [4.78, 5) is 10.6. The van der Waals surface area contributed by atoms with Crippen molar-refractivity contribution in [1.29, 1.82) is 0 Å². The number of Topliss-reactive ketones (excluding diaryl/α,β-unsaturated/α-hetero) is 1. The maximum atomic E-state index is 10.6. The van der Waals surface area contributed by atoms with Crippen LogP contribution in [0.5, 0.6) is 0 Å². The van der Waals surface area contributed by atoms with Gasteiger partial charge in [-0.15, -0.1) is 0 Å². The number of rotatable bonds is 4. The first kappa shape index (κ1) is 10.1. The van der Waals surface area contributed by atoms with Gasteiger partial charge in [-0.05, 0) is 20.4 Å². The predicted molar refractivity (Wildman–Crippen MR) is 46.9 cm³/mol. The Morgan fingerprint density at radius 3 is 2.50 bits per heavy atom. The highest BCUT2D eigenvalue weighted by Crippen LogP contribution is 2.08. The van der Waals surface area contributed by atoms with Crippen molar-refractivity contribution in [2.45, 2.75) is 33.2 Å². The fourth-order valence-corrected chi connectivity index (χ4v) is 0.950. The van der Waals surface area contributed by atoms with E-state index in [1.54, 1.807) is 6.92 Å². The quantitative estimate of drug-likeness (QED) is 0.582. The van der Waals surface area contributed by atoms with Gasteiger partial charge >= 0.3 is 0 Å². The van der Waals surface area contributed by atoms with E-state index in [2.05, 4.69) is 27.9 Å². The average molecular weight is 161 g/mol. The number of carbonyl (C=O) groups is 1. The molecular weight excluding hydrogens is 145 g/mol. The molecule has 0 saturated heterocycles. The monoisotopic (exact) mass is 161 g/mol. The Hall–Kier alpha value is 0.0600. The zero-order chi connectivity index (χ0) is 8.15. The highest BCUT2D eigenvalue weighted by Gasteiger charge is 2.08. The van der Waals surface area contributed by atoms with Crippen LogP contribution in [0.2, 0.25) is 0 Å². The number of hydrogen-bond donors (Lipinski definition) is 0. The largest absolute Gasteiger partial charge is 0.300 e. The summed E-state index contributed by atoms with van der Waals surface area (Å²) in [6.07, 6.45) is 0.650. The topological polar surface area (TPSA) is 20.3 Å². The molecule has 0 rings (SSSR count). The van der Waals surface area contributed by atoms with Crippen LogP contribution >= 0.6 is 9.39 Å². The molecular formula is C7H16NOP. The van der Waals surface area contributed by atoms with E-state index in [4.69, 9.17) is 0 Å². The van der Waals surface area contributed by atoms with Gasteiger partial charge in [-0.3, -0.25) is 9.46 Å². The van der Waals surface area contributed by atoms with Crippen molar-refractivity contribution in [3.8, 4) is 0 Å². The molecule has 0 radical (unpaired) electrons. The second-order valence-electron chi connectivity index (χ2n) is 2.59. The van der Waals surface area contributed by atoms with Crippen molar-refractivity contribution in [3.05, 3.63) is 0 Å². The smallest absolute Gasteiger partial charge is 0.131 e. The molecule has 0 aliphatic carbocycles. The minimum absolute atomic E-state index is 0.258. The van der Waals surface area contributed by atoms with Gasteiger partial charge in [0.25, 0.3) is 0 Å². The fraction of sp³-hybridized carbons (Fsp3) is 0.857. The van der Waals surface area contributed by atoms with Crippen molar-refractivity contribution in [2.24, 2.45) is 0 Å². The molecule has 0 aromatic carbocycles.